The average molecular weight is 425 g/mol. The van der Waals surface area contributed by atoms with Crippen molar-refractivity contribution in [3.8, 4) is 0 Å². The predicted octanol–water partition coefficient (Wildman–Crippen LogP) is 0.582. The van der Waals surface area contributed by atoms with Gasteiger partial charge in [0, 0.05) is 40.3 Å². The highest BCUT2D eigenvalue weighted by molar-refractivity contribution is 7.89. The van der Waals surface area contributed by atoms with Gasteiger partial charge in [-0.25, -0.2) is 8.42 Å². The maximum atomic E-state index is 13.1. The number of hydrogen-bond donors (Lipinski definition) is 1. The first kappa shape index (κ1) is 21.4. The maximum Gasteiger partial charge on any atom is 0.248 e. The lowest BCUT2D eigenvalue weighted by Gasteiger charge is -2.27. The van der Waals surface area contributed by atoms with E-state index in [9.17, 15) is 8.42 Å². The van der Waals surface area contributed by atoms with E-state index in [0.29, 0.717) is 49.3 Å². The molecule has 0 saturated carbocycles. The summed E-state index contributed by atoms with van der Waals surface area (Å²) >= 11 is 0. The number of anilines is 2. The molecule has 1 saturated heterocycles. The third kappa shape index (κ3) is 4.33. The monoisotopic (exact) mass is 424 g/mol. The van der Waals surface area contributed by atoms with Crippen molar-refractivity contribution in [3.05, 3.63) is 17.3 Å². The third-order valence-corrected chi connectivity index (χ3v) is 7.18. The minimum atomic E-state index is -3.66. The van der Waals surface area contributed by atoms with Crippen molar-refractivity contribution < 1.29 is 12.9 Å². The smallest absolute Gasteiger partial charge is 0.248 e. The Morgan fingerprint density at radius 1 is 1.10 bits per heavy atom. The molecule has 1 unspecified atom stereocenters. The summed E-state index contributed by atoms with van der Waals surface area (Å²) in [6.07, 6.45) is 0.689. The molecule has 0 aliphatic carbocycles. The van der Waals surface area contributed by atoms with Crippen LogP contribution in [0, 0.1) is 13.8 Å². The van der Waals surface area contributed by atoms with Crippen LogP contribution in [-0.2, 0) is 10.0 Å². The molecule has 0 spiro atoms. The lowest BCUT2D eigenvalue weighted by atomic mass is 10.2. The van der Waals surface area contributed by atoms with Crippen molar-refractivity contribution in [3.63, 3.8) is 0 Å². The van der Waals surface area contributed by atoms with Gasteiger partial charge < -0.3 is 15.2 Å². The van der Waals surface area contributed by atoms with Crippen LogP contribution >= 0.6 is 0 Å². The van der Waals surface area contributed by atoms with E-state index in [4.69, 9.17) is 10.3 Å². The highest BCUT2D eigenvalue weighted by Gasteiger charge is 2.33. The molecule has 0 radical (unpaired) electrons. The summed E-state index contributed by atoms with van der Waals surface area (Å²) < 4.78 is 32.8. The summed E-state index contributed by atoms with van der Waals surface area (Å²) in [7, 11) is 0.0204. The number of nitrogens with zero attached hydrogens (tertiary/aromatic N) is 7. The van der Waals surface area contributed by atoms with Gasteiger partial charge in [-0.15, -0.1) is 0 Å². The number of sulfonamides is 1. The highest BCUT2D eigenvalue weighted by atomic mass is 32.2. The Morgan fingerprint density at radius 2 is 1.83 bits per heavy atom. The molecule has 1 atom stereocenters. The summed E-state index contributed by atoms with van der Waals surface area (Å²) in [6, 6.07) is -0.124. The van der Waals surface area contributed by atoms with E-state index in [1.807, 2.05) is 21.0 Å². The van der Waals surface area contributed by atoms with Crippen LogP contribution in [0.25, 0.3) is 0 Å². The molecule has 12 heteroatoms. The second kappa shape index (κ2) is 8.20. The van der Waals surface area contributed by atoms with Gasteiger partial charge in [0.05, 0.1) is 6.04 Å². The predicted molar refractivity (Wildman–Crippen MR) is 108 cm³/mol. The van der Waals surface area contributed by atoms with Crippen molar-refractivity contribution in [2.45, 2.75) is 38.1 Å². The van der Waals surface area contributed by atoms with Crippen LogP contribution in [0.1, 0.15) is 36.7 Å². The van der Waals surface area contributed by atoms with E-state index < -0.39 is 10.0 Å². The van der Waals surface area contributed by atoms with Crippen molar-refractivity contribution >= 4 is 21.9 Å². The molecule has 11 nitrogen and oxygen atoms in total. The topological polar surface area (TPSA) is 135 Å². The van der Waals surface area contributed by atoms with Crippen LogP contribution in [-0.4, -0.2) is 78.0 Å². The number of aryl methyl sites for hydroxylation is 2. The summed E-state index contributed by atoms with van der Waals surface area (Å²) in [6.45, 7) is 7.31. The first-order chi connectivity index (χ1) is 13.6. The summed E-state index contributed by atoms with van der Waals surface area (Å²) in [5.41, 5.74) is 6.23. The SMILES string of the molecule is Cc1noc(C)c1S(=O)(=O)N1CCCN(C(C)c2nc(N)nc(N(C)C)n2)CC1. The van der Waals surface area contributed by atoms with Gasteiger partial charge in [0.15, 0.2) is 11.6 Å². The zero-order chi connectivity index (χ0) is 21.3. The number of hydrogen-bond acceptors (Lipinski definition) is 10. The van der Waals surface area contributed by atoms with E-state index in [1.54, 1.807) is 18.7 Å². The van der Waals surface area contributed by atoms with E-state index >= 15 is 0 Å². The van der Waals surface area contributed by atoms with E-state index in [0.717, 1.165) is 6.54 Å². The van der Waals surface area contributed by atoms with Gasteiger partial charge >= 0.3 is 0 Å². The fraction of sp³-hybridized carbons (Fsp3) is 0.647. The molecule has 0 aromatic carbocycles. The van der Waals surface area contributed by atoms with Crippen LogP contribution in [0.3, 0.4) is 0 Å². The Bertz CT molecular complexity index is 956. The third-order valence-electron chi connectivity index (χ3n) is 5.03. The van der Waals surface area contributed by atoms with Crippen LogP contribution in [0.4, 0.5) is 11.9 Å². The molecule has 1 fully saturated rings. The molecule has 2 aromatic heterocycles. The summed E-state index contributed by atoms with van der Waals surface area (Å²) in [4.78, 5) is 17.0. The van der Waals surface area contributed by atoms with Crippen molar-refractivity contribution in [1.82, 2.24) is 29.3 Å². The Balaban J connectivity index is 1.78. The Morgan fingerprint density at radius 3 is 2.45 bits per heavy atom. The zero-order valence-corrected chi connectivity index (χ0v) is 18.3. The minimum absolute atomic E-state index is 0.124. The Kier molecular flexibility index (Phi) is 6.05. The molecule has 1 aliphatic rings. The molecule has 0 amide bonds. The van der Waals surface area contributed by atoms with Crippen molar-refractivity contribution in [2.75, 3.05) is 50.9 Å². The van der Waals surface area contributed by atoms with Crippen LogP contribution in [0.2, 0.25) is 0 Å². The largest absolute Gasteiger partial charge is 0.368 e. The number of aromatic nitrogens is 4. The standard InChI is InChI=1S/C17H28N8O3S/c1-11-14(13(3)28-22-11)29(26,27)25-8-6-7-24(9-10-25)12(2)15-19-16(18)21-17(20-15)23(4)5/h12H,6-10H2,1-5H3,(H2,18,19,20,21). The molecule has 29 heavy (non-hydrogen) atoms. The molecule has 2 aromatic rings. The van der Waals surface area contributed by atoms with Gasteiger partial charge in [-0.2, -0.15) is 19.3 Å². The van der Waals surface area contributed by atoms with Gasteiger partial charge in [-0.05, 0) is 27.2 Å². The zero-order valence-electron chi connectivity index (χ0n) is 17.5. The second-order valence-corrected chi connectivity index (χ2v) is 9.24. The lowest BCUT2D eigenvalue weighted by Crippen LogP contribution is -2.36. The first-order valence-electron chi connectivity index (χ1n) is 9.47. The van der Waals surface area contributed by atoms with Gasteiger partial charge in [0.25, 0.3) is 0 Å². The molecular formula is C17H28N8O3S. The summed E-state index contributed by atoms with van der Waals surface area (Å²) in [5, 5.41) is 3.78. The van der Waals surface area contributed by atoms with Crippen molar-refractivity contribution in [1.29, 1.82) is 0 Å². The van der Waals surface area contributed by atoms with Gasteiger partial charge in [-0.1, -0.05) is 5.16 Å². The van der Waals surface area contributed by atoms with E-state index in [-0.39, 0.29) is 16.9 Å². The maximum absolute atomic E-state index is 13.1. The molecule has 0 bridgehead atoms. The van der Waals surface area contributed by atoms with Crippen LogP contribution in [0.15, 0.2) is 9.42 Å². The van der Waals surface area contributed by atoms with Gasteiger partial charge in [0.1, 0.15) is 10.6 Å². The molecular weight excluding hydrogens is 396 g/mol. The molecule has 160 valence electrons. The molecule has 3 heterocycles. The average Bonchev–Trinajstić information content (AvgIpc) is 2.85. The highest BCUT2D eigenvalue weighted by Crippen LogP contribution is 2.26. The normalized spacial score (nSPS) is 17.8. The number of nitrogen functional groups attached to an aromatic ring is 1. The summed E-state index contributed by atoms with van der Waals surface area (Å²) in [5.74, 6) is 1.55. The van der Waals surface area contributed by atoms with Gasteiger partial charge in [0.2, 0.25) is 21.9 Å². The molecule has 1 aliphatic heterocycles. The first-order valence-corrected chi connectivity index (χ1v) is 10.9. The second-order valence-electron chi connectivity index (χ2n) is 7.37. The molecule has 2 N–H and O–H groups in total. The number of rotatable bonds is 5. The Labute approximate surface area is 171 Å². The fourth-order valence-electron chi connectivity index (χ4n) is 3.46. The fourth-order valence-corrected chi connectivity index (χ4v) is 5.22. The minimum Gasteiger partial charge on any atom is -0.368 e. The Hall–Kier alpha value is -2.31. The van der Waals surface area contributed by atoms with Crippen LogP contribution < -0.4 is 10.6 Å². The lowest BCUT2D eigenvalue weighted by molar-refractivity contribution is 0.213. The van der Waals surface area contributed by atoms with Gasteiger partial charge in [-0.3, -0.25) is 4.90 Å². The van der Waals surface area contributed by atoms with E-state index in [2.05, 4.69) is 25.0 Å². The van der Waals surface area contributed by atoms with E-state index in [1.165, 1.54) is 4.31 Å². The van der Waals surface area contributed by atoms with Crippen molar-refractivity contribution in [2.24, 2.45) is 0 Å². The molecule has 3 rings (SSSR count). The van der Waals surface area contributed by atoms with Crippen LogP contribution in [0.5, 0.6) is 0 Å². The number of nitrogens with two attached hydrogens (primary N) is 1. The quantitative estimate of drug-likeness (QED) is 0.726.